The summed E-state index contributed by atoms with van der Waals surface area (Å²) in [4.78, 5) is 17.1. The van der Waals surface area contributed by atoms with Gasteiger partial charge in [0.25, 0.3) is 0 Å². The molecule has 2 aliphatic heterocycles. The Labute approximate surface area is 206 Å². The van der Waals surface area contributed by atoms with Gasteiger partial charge in [-0.25, -0.2) is 9.97 Å². The zero-order valence-corrected chi connectivity index (χ0v) is 20.0. The summed E-state index contributed by atoms with van der Waals surface area (Å²) in [5, 5.41) is 8.79. The highest BCUT2D eigenvalue weighted by molar-refractivity contribution is 6.36. The number of aromatic nitrogens is 6. The molecule has 2 fully saturated rings. The molecular formula is C26H24ClN7O. The van der Waals surface area contributed by atoms with Gasteiger partial charge in [-0.3, -0.25) is 9.67 Å². The fourth-order valence-electron chi connectivity index (χ4n) is 5.46. The summed E-state index contributed by atoms with van der Waals surface area (Å²) in [5.74, 6) is 2.06. The fourth-order valence-corrected chi connectivity index (χ4v) is 5.70. The van der Waals surface area contributed by atoms with Crippen molar-refractivity contribution in [2.24, 2.45) is 0 Å². The summed E-state index contributed by atoms with van der Waals surface area (Å²) in [6.45, 7) is 1.93. The molecule has 2 aromatic carbocycles. The second kappa shape index (κ2) is 8.03. The number of piperidine rings is 1. The van der Waals surface area contributed by atoms with Gasteiger partial charge in [-0.15, -0.1) is 0 Å². The number of fused-ring (bicyclic) bond motifs is 4. The van der Waals surface area contributed by atoms with E-state index in [-0.39, 0.29) is 0 Å². The smallest absolute Gasteiger partial charge is 0.148 e. The standard InChI is InChI=1S/C26H24ClN7O/c1-14-30-20-5-4-19(10-22(20)31-14)35-24-7-6-21-26(25(24)27)33-23(12-28-21)15-11-29-34(13-15)18-8-16-2-3-17(9-18)32-16/h4-7,10-13,16-18,32H,2-3,8-9H2,1H3,(H,30,31)/t16-,17+,18?. The minimum Gasteiger partial charge on any atom is -0.456 e. The molecular weight excluding hydrogens is 462 g/mol. The predicted octanol–water partition coefficient (Wildman–Crippen LogP) is 5.58. The van der Waals surface area contributed by atoms with Crippen LogP contribution >= 0.6 is 11.6 Å². The maximum atomic E-state index is 6.76. The van der Waals surface area contributed by atoms with Gasteiger partial charge in [0.05, 0.1) is 40.7 Å². The molecule has 9 heteroatoms. The van der Waals surface area contributed by atoms with Gasteiger partial charge in [0.1, 0.15) is 27.9 Å². The fraction of sp³-hybridized carbons (Fsp3) is 0.308. The van der Waals surface area contributed by atoms with E-state index in [2.05, 4.69) is 36.2 Å². The molecule has 5 aromatic rings. The Hall–Kier alpha value is -3.49. The second-order valence-electron chi connectivity index (χ2n) is 9.58. The largest absolute Gasteiger partial charge is 0.456 e. The Bertz CT molecular complexity index is 1560. The number of ether oxygens (including phenoxy) is 1. The summed E-state index contributed by atoms with van der Waals surface area (Å²) in [7, 11) is 0. The van der Waals surface area contributed by atoms with E-state index in [1.54, 1.807) is 6.20 Å². The van der Waals surface area contributed by atoms with Gasteiger partial charge in [0, 0.05) is 29.9 Å². The van der Waals surface area contributed by atoms with E-state index in [1.807, 2.05) is 43.5 Å². The maximum Gasteiger partial charge on any atom is 0.148 e. The molecule has 0 amide bonds. The molecule has 8 nitrogen and oxygen atoms in total. The van der Waals surface area contributed by atoms with E-state index < -0.39 is 0 Å². The highest BCUT2D eigenvalue weighted by Gasteiger charge is 2.34. The van der Waals surface area contributed by atoms with Crippen LogP contribution in [0.15, 0.2) is 48.9 Å². The Morgan fingerprint density at radius 1 is 1.03 bits per heavy atom. The number of nitrogens with zero attached hydrogens (tertiary/aromatic N) is 5. The van der Waals surface area contributed by atoms with Crippen molar-refractivity contribution >= 4 is 33.7 Å². The molecule has 3 aromatic heterocycles. The number of halogens is 1. The summed E-state index contributed by atoms with van der Waals surface area (Å²) >= 11 is 6.76. The third-order valence-electron chi connectivity index (χ3n) is 7.14. The van der Waals surface area contributed by atoms with Crippen LogP contribution in [0.25, 0.3) is 33.3 Å². The molecule has 2 aliphatic rings. The van der Waals surface area contributed by atoms with E-state index in [1.165, 1.54) is 12.8 Å². The Balaban J connectivity index is 1.19. The average molecular weight is 486 g/mol. The van der Waals surface area contributed by atoms with Gasteiger partial charge in [-0.05, 0) is 56.9 Å². The number of imidazole rings is 1. The molecule has 2 N–H and O–H groups in total. The van der Waals surface area contributed by atoms with Crippen LogP contribution in [-0.4, -0.2) is 41.8 Å². The van der Waals surface area contributed by atoms with Gasteiger partial charge in [-0.1, -0.05) is 11.6 Å². The molecule has 0 radical (unpaired) electrons. The lowest BCUT2D eigenvalue weighted by atomic mass is 10.0. The normalized spacial score (nSPS) is 21.7. The van der Waals surface area contributed by atoms with Crippen LogP contribution in [-0.2, 0) is 0 Å². The third-order valence-corrected chi connectivity index (χ3v) is 7.50. The molecule has 0 spiro atoms. The van der Waals surface area contributed by atoms with Crippen molar-refractivity contribution in [3.8, 4) is 22.8 Å². The van der Waals surface area contributed by atoms with Crippen LogP contribution in [0.1, 0.15) is 37.5 Å². The Morgan fingerprint density at radius 3 is 2.71 bits per heavy atom. The number of hydrogen-bond donors (Lipinski definition) is 2. The lowest BCUT2D eigenvalue weighted by molar-refractivity contribution is 0.281. The van der Waals surface area contributed by atoms with Gasteiger partial charge in [0.15, 0.2) is 0 Å². The number of aromatic amines is 1. The van der Waals surface area contributed by atoms with Gasteiger partial charge >= 0.3 is 0 Å². The minimum absolute atomic E-state index is 0.426. The summed E-state index contributed by atoms with van der Waals surface area (Å²) < 4.78 is 8.22. The lowest BCUT2D eigenvalue weighted by Crippen LogP contribution is -2.38. The van der Waals surface area contributed by atoms with Crippen molar-refractivity contribution in [2.45, 2.75) is 50.7 Å². The molecule has 0 aliphatic carbocycles. The van der Waals surface area contributed by atoms with Gasteiger partial charge < -0.3 is 15.0 Å². The van der Waals surface area contributed by atoms with Crippen molar-refractivity contribution in [1.29, 1.82) is 0 Å². The number of benzene rings is 2. The molecule has 5 heterocycles. The molecule has 35 heavy (non-hydrogen) atoms. The van der Waals surface area contributed by atoms with Gasteiger partial charge in [-0.2, -0.15) is 5.10 Å². The Morgan fingerprint density at radius 2 is 1.86 bits per heavy atom. The lowest BCUT2D eigenvalue weighted by Gasteiger charge is -2.29. The van der Waals surface area contributed by atoms with Crippen LogP contribution < -0.4 is 10.1 Å². The molecule has 176 valence electrons. The van der Waals surface area contributed by atoms with E-state index in [4.69, 9.17) is 21.3 Å². The first-order chi connectivity index (χ1) is 17.1. The first kappa shape index (κ1) is 20.8. The topological polar surface area (TPSA) is 93.5 Å². The maximum absolute atomic E-state index is 6.76. The molecule has 2 bridgehead atoms. The van der Waals surface area contributed by atoms with E-state index in [0.717, 1.165) is 41.0 Å². The van der Waals surface area contributed by atoms with Crippen molar-refractivity contribution in [3.63, 3.8) is 0 Å². The van der Waals surface area contributed by atoms with E-state index >= 15 is 0 Å². The zero-order chi connectivity index (χ0) is 23.5. The van der Waals surface area contributed by atoms with E-state index in [0.29, 0.717) is 45.7 Å². The SMILES string of the molecule is Cc1nc2ccc(Oc3ccc4ncc(-c5cnn(C6C[C@H]7CC[C@@H](C6)N7)c5)nc4c3Cl)cc2[nH]1. The first-order valence-electron chi connectivity index (χ1n) is 12.0. The number of hydrogen-bond acceptors (Lipinski definition) is 6. The molecule has 3 atom stereocenters. The predicted molar refractivity (Wildman–Crippen MR) is 135 cm³/mol. The monoisotopic (exact) mass is 485 g/mol. The second-order valence-corrected chi connectivity index (χ2v) is 9.95. The quantitative estimate of drug-likeness (QED) is 0.345. The molecule has 1 unspecified atom stereocenters. The number of aryl methyl sites for hydroxylation is 1. The highest BCUT2D eigenvalue weighted by Crippen LogP contribution is 2.37. The number of nitrogens with one attached hydrogen (secondary N) is 2. The van der Waals surface area contributed by atoms with Crippen LogP contribution in [0.2, 0.25) is 5.02 Å². The summed E-state index contributed by atoms with van der Waals surface area (Å²) in [6.07, 6.45) is 10.5. The van der Waals surface area contributed by atoms with Crippen molar-refractivity contribution in [1.82, 2.24) is 35.0 Å². The molecule has 2 saturated heterocycles. The Kier molecular flexibility index (Phi) is 4.78. The molecule has 0 saturated carbocycles. The van der Waals surface area contributed by atoms with Crippen LogP contribution in [0.5, 0.6) is 11.5 Å². The van der Waals surface area contributed by atoms with Crippen LogP contribution in [0.4, 0.5) is 0 Å². The third kappa shape index (κ3) is 3.73. The number of rotatable bonds is 4. The first-order valence-corrected chi connectivity index (χ1v) is 12.4. The average Bonchev–Trinajstić information content (AvgIpc) is 3.58. The number of H-pyrrole nitrogens is 1. The van der Waals surface area contributed by atoms with Crippen molar-refractivity contribution < 1.29 is 4.74 Å². The van der Waals surface area contributed by atoms with Gasteiger partial charge in [0.2, 0.25) is 0 Å². The summed E-state index contributed by atoms with van der Waals surface area (Å²) in [5.41, 5.74) is 4.81. The van der Waals surface area contributed by atoms with Crippen LogP contribution in [0, 0.1) is 6.92 Å². The minimum atomic E-state index is 0.426. The molecule has 7 rings (SSSR count). The highest BCUT2D eigenvalue weighted by atomic mass is 35.5. The van der Waals surface area contributed by atoms with E-state index in [9.17, 15) is 0 Å². The summed E-state index contributed by atoms with van der Waals surface area (Å²) in [6, 6.07) is 11.1. The van der Waals surface area contributed by atoms with Crippen LogP contribution in [0.3, 0.4) is 0 Å². The zero-order valence-electron chi connectivity index (χ0n) is 19.2. The van der Waals surface area contributed by atoms with Crippen molar-refractivity contribution in [2.75, 3.05) is 0 Å². The van der Waals surface area contributed by atoms with Crippen molar-refractivity contribution in [3.05, 3.63) is 59.8 Å².